The van der Waals surface area contributed by atoms with E-state index in [-0.39, 0.29) is 0 Å². The summed E-state index contributed by atoms with van der Waals surface area (Å²) in [4.78, 5) is 10.5. The molecule has 2 aromatic rings. The molecular weight excluding hydrogens is 212 g/mol. The van der Waals surface area contributed by atoms with Gasteiger partial charge in [-0.25, -0.2) is 4.98 Å². The molecule has 0 aromatic carbocycles. The lowest BCUT2D eigenvalue weighted by Gasteiger charge is -1.93. The molecule has 0 unspecified atom stereocenters. The molecule has 2 rings (SSSR count). The van der Waals surface area contributed by atoms with Crippen molar-refractivity contribution in [2.45, 2.75) is 6.42 Å². The third-order valence-electron chi connectivity index (χ3n) is 2.19. The van der Waals surface area contributed by atoms with Gasteiger partial charge in [-0.15, -0.1) is 0 Å². The van der Waals surface area contributed by atoms with Crippen LogP contribution in [0.1, 0.15) is 5.82 Å². The summed E-state index contributed by atoms with van der Waals surface area (Å²) in [6, 6.07) is 1.95. The van der Waals surface area contributed by atoms with Crippen molar-refractivity contribution in [3.63, 3.8) is 0 Å². The number of aromatic amines is 2. The lowest BCUT2D eigenvalue weighted by molar-refractivity contribution is 0.764. The van der Waals surface area contributed by atoms with E-state index < -0.39 is 0 Å². The van der Waals surface area contributed by atoms with Crippen molar-refractivity contribution in [3.8, 4) is 11.3 Å². The number of halogens is 1. The van der Waals surface area contributed by atoms with Crippen LogP contribution in [-0.2, 0) is 6.42 Å². The van der Waals surface area contributed by atoms with E-state index in [0.717, 1.165) is 30.0 Å². The van der Waals surface area contributed by atoms with E-state index in [9.17, 15) is 0 Å². The maximum Gasteiger partial charge on any atom is 0.134 e. The summed E-state index contributed by atoms with van der Waals surface area (Å²) in [6.45, 7) is 0.885. The minimum atomic E-state index is 0.598. The van der Waals surface area contributed by atoms with Gasteiger partial charge in [-0.2, -0.15) is 0 Å². The Morgan fingerprint density at radius 3 is 3.07 bits per heavy atom. The van der Waals surface area contributed by atoms with Crippen LogP contribution < -0.4 is 5.32 Å². The number of nitrogens with one attached hydrogen (secondary N) is 3. The highest BCUT2D eigenvalue weighted by Crippen LogP contribution is 2.24. The summed E-state index contributed by atoms with van der Waals surface area (Å²) >= 11 is 6.06. The molecule has 2 aromatic heterocycles. The van der Waals surface area contributed by atoms with E-state index in [0.29, 0.717) is 5.15 Å². The van der Waals surface area contributed by atoms with Gasteiger partial charge in [-0.3, -0.25) is 0 Å². The molecule has 0 radical (unpaired) electrons. The van der Waals surface area contributed by atoms with E-state index >= 15 is 0 Å². The number of rotatable bonds is 4. The third-order valence-corrected chi connectivity index (χ3v) is 2.47. The van der Waals surface area contributed by atoms with Crippen LogP contribution in [0.5, 0.6) is 0 Å². The molecule has 0 spiro atoms. The molecule has 3 N–H and O–H groups in total. The molecule has 80 valence electrons. The smallest absolute Gasteiger partial charge is 0.134 e. The lowest BCUT2D eigenvalue weighted by atomic mass is 10.3. The second-order valence-electron chi connectivity index (χ2n) is 3.30. The highest BCUT2D eigenvalue weighted by molar-refractivity contribution is 6.31. The lowest BCUT2D eigenvalue weighted by Crippen LogP contribution is -2.11. The normalized spacial score (nSPS) is 10.8. The van der Waals surface area contributed by atoms with Crippen LogP contribution in [0.25, 0.3) is 11.3 Å². The molecular formula is C10H13ClN4. The molecule has 0 atom stereocenters. The van der Waals surface area contributed by atoms with Crippen LogP contribution in [0.3, 0.4) is 0 Å². The van der Waals surface area contributed by atoms with Gasteiger partial charge >= 0.3 is 0 Å². The first-order valence-corrected chi connectivity index (χ1v) is 5.21. The first-order valence-electron chi connectivity index (χ1n) is 4.83. The second kappa shape index (κ2) is 4.51. The second-order valence-corrected chi connectivity index (χ2v) is 3.68. The number of aromatic nitrogens is 3. The molecule has 15 heavy (non-hydrogen) atoms. The maximum atomic E-state index is 6.06. The van der Waals surface area contributed by atoms with Gasteiger partial charge in [-0.1, -0.05) is 11.6 Å². The predicted molar refractivity (Wildman–Crippen MR) is 61.0 cm³/mol. The molecule has 0 bridgehead atoms. The van der Waals surface area contributed by atoms with Crippen LogP contribution in [0.4, 0.5) is 0 Å². The highest BCUT2D eigenvalue weighted by atomic mass is 35.5. The zero-order valence-corrected chi connectivity index (χ0v) is 9.23. The monoisotopic (exact) mass is 224 g/mol. The van der Waals surface area contributed by atoms with Gasteiger partial charge in [0.2, 0.25) is 0 Å². The van der Waals surface area contributed by atoms with Crippen LogP contribution in [0.2, 0.25) is 5.15 Å². The fraction of sp³-hybridized carbons (Fsp3) is 0.300. The van der Waals surface area contributed by atoms with Gasteiger partial charge in [-0.05, 0) is 13.1 Å². The van der Waals surface area contributed by atoms with Crippen LogP contribution in [0, 0.1) is 0 Å². The van der Waals surface area contributed by atoms with Crippen LogP contribution >= 0.6 is 11.6 Å². The molecule has 0 aliphatic carbocycles. The Hall–Kier alpha value is -1.26. The van der Waals surface area contributed by atoms with Crippen molar-refractivity contribution < 1.29 is 0 Å². The Kier molecular flexibility index (Phi) is 3.08. The van der Waals surface area contributed by atoms with Crippen LogP contribution in [0.15, 0.2) is 18.5 Å². The fourth-order valence-electron chi connectivity index (χ4n) is 1.42. The molecule has 2 heterocycles. The molecule has 5 heteroatoms. The Balaban J connectivity index is 2.22. The van der Waals surface area contributed by atoms with Gasteiger partial charge < -0.3 is 15.3 Å². The van der Waals surface area contributed by atoms with E-state index in [1.54, 1.807) is 0 Å². The Morgan fingerprint density at radius 1 is 1.53 bits per heavy atom. The topological polar surface area (TPSA) is 56.5 Å². The van der Waals surface area contributed by atoms with E-state index in [2.05, 4.69) is 20.3 Å². The standard InChI is InChI=1S/C10H13ClN4/c1-12-4-3-8-14-9(10(11)15-8)7-2-5-13-6-7/h2,5-6,12-13H,3-4H2,1H3,(H,14,15). The summed E-state index contributed by atoms with van der Waals surface area (Å²) < 4.78 is 0. The molecule has 0 saturated heterocycles. The van der Waals surface area contributed by atoms with Crippen molar-refractivity contribution in [1.29, 1.82) is 0 Å². The Morgan fingerprint density at radius 2 is 2.40 bits per heavy atom. The van der Waals surface area contributed by atoms with E-state index in [1.807, 2.05) is 25.5 Å². The third kappa shape index (κ3) is 2.22. The molecule has 0 fully saturated rings. The van der Waals surface area contributed by atoms with Crippen LogP contribution in [-0.4, -0.2) is 28.5 Å². The number of hydrogen-bond acceptors (Lipinski definition) is 2. The largest absolute Gasteiger partial charge is 0.367 e. The first kappa shape index (κ1) is 10.3. The summed E-state index contributed by atoms with van der Waals surface area (Å²) in [7, 11) is 1.91. The maximum absolute atomic E-state index is 6.06. The Bertz CT molecular complexity index is 419. The minimum absolute atomic E-state index is 0.598. The quantitative estimate of drug-likeness (QED) is 0.742. The van der Waals surface area contributed by atoms with Crippen molar-refractivity contribution in [2.75, 3.05) is 13.6 Å². The fourth-order valence-corrected chi connectivity index (χ4v) is 1.68. The van der Waals surface area contributed by atoms with E-state index in [4.69, 9.17) is 11.6 Å². The summed E-state index contributed by atoms with van der Waals surface area (Å²) in [5, 5.41) is 3.67. The zero-order chi connectivity index (χ0) is 10.7. The van der Waals surface area contributed by atoms with Crippen molar-refractivity contribution in [2.24, 2.45) is 0 Å². The SMILES string of the molecule is CNCCc1nc(-c2cc[nH]c2)c(Cl)[nH]1. The Labute approximate surface area is 93.1 Å². The molecule has 0 aliphatic rings. The molecule has 4 nitrogen and oxygen atoms in total. The number of imidazole rings is 1. The minimum Gasteiger partial charge on any atom is -0.367 e. The summed E-state index contributed by atoms with van der Waals surface area (Å²) in [5.74, 6) is 0.908. The first-order chi connectivity index (χ1) is 7.31. The van der Waals surface area contributed by atoms with Gasteiger partial charge in [0.05, 0.1) is 0 Å². The molecule has 0 aliphatic heterocycles. The number of H-pyrrole nitrogens is 2. The van der Waals surface area contributed by atoms with Crippen molar-refractivity contribution in [1.82, 2.24) is 20.3 Å². The van der Waals surface area contributed by atoms with Crippen molar-refractivity contribution in [3.05, 3.63) is 29.4 Å². The predicted octanol–water partition coefficient (Wildman–Crippen LogP) is 1.82. The summed E-state index contributed by atoms with van der Waals surface area (Å²) in [6.07, 6.45) is 4.58. The van der Waals surface area contributed by atoms with Gasteiger partial charge in [0, 0.05) is 30.9 Å². The summed E-state index contributed by atoms with van der Waals surface area (Å²) in [5.41, 5.74) is 1.82. The van der Waals surface area contributed by atoms with Gasteiger partial charge in [0.15, 0.2) is 0 Å². The molecule has 0 saturated carbocycles. The molecule has 0 amide bonds. The average Bonchev–Trinajstić information content (AvgIpc) is 2.83. The number of hydrogen-bond donors (Lipinski definition) is 3. The van der Waals surface area contributed by atoms with Gasteiger partial charge in [0.25, 0.3) is 0 Å². The highest BCUT2D eigenvalue weighted by Gasteiger charge is 2.10. The number of nitrogens with zero attached hydrogens (tertiary/aromatic N) is 1. The van der Waals surface area contributed by atoms with Crippen molar-refractivity contribution >= 4 is 11.6 Å². The average molecular weight is 225 g/mol. The zero-order valence-electron chi connectivity index (χ0n) is 8.47. The van der Waals surface area contributed by atoms with Gasteiger partial charge in [0.1, 0.15) is 16.7 Å². The number of likely N-dealkylation sites (N-methyl/N-ethyl adjacent to an activating group) is 1. The van der Waals surface area contributed by atoms with E-state index in [1.165, 1.54) is 0 Å².